The number of nitrogens with zero attached hydrogens (tertiary/aromatic N) is 2. The van der Waals surface area contributed by atoms with E-state index in [0.717, 1.165) is 17.1 Å². The van der Waals surface area contributed by atoms with Gasteiger partial charge in [-0.2, -0.15) is 0 Å². The van der Waals surface area contributed by atoms with Crippen molar-refractivity contribution in [3.8, 4) is 0 Å². The Kier molecular flexibility index (Phi) is 5.92. The standard InChI is InChI=1S/C21H27N5O3/c1-14-4-5-17(29-14)13-23-20(27)15-6-9-26(10-7-15)21(28)19-11-18(24-25-19)16-3-2-8-22-12-16/h2-5,8,12,15,18-19,24-25H,6-7,9-11,13H2,1H3,(H,23,27). The smallest absolute Gasteiger partial charge is 0.241 e. The lowest BCUT2D eigenvalue weighted by Gasteiger charge is -2.32. The molecule has 2 aliphatic heterocycles. The van der Waals surface area contributed by atoms with Crippen molar-refractivity contribution >= 4 is 11.8 Å². The molecule has 2 aromatic heterocycles. The minimum atomic E-state index is -0.257. The number of aryl methyl sites for hydroxylation is 1. The number of hydrogen-bond donors (Lipinski definition) is 3. The zero-order valence-electron chi connectivity index (χ0n) is 16.6. The van der Waals surface area contributed by atoms with Crippen molar-refractivity contribution in [3.05, 3.63) is 53.7 Å². The lowest BCUT2D eigenvalue weighted by molar-refractivity contribution is -0.137. The highest BCUT2D eigenvalue weighted by molar-refractivity contribution is 5.83. The van der Waals surface area contributed by atoms with Gasteiger partial charge in [-0.05, 0) is 49.9 Å². The van der Waals surface area contributed by atoms with Gasteiger partial charge in [0.15, 0.2) is 0 Å². The minimum absolute atomic E-state index is 0.0310. The van der Waals surface area contributed by atoms with Gasteiger partial charge in [-0.3, -0.25) is 14.6 Å². The number of piperidine rings is 1. The Morgan fingerprint density at radius 1 is 1.24 bits per heavy atom. The van der Waals surface area contributed by atoms with Crippen molar-refractivity contribution in [1.29, 1.82) is 0 Å². The van der Waals surface area contributed by atoms with Crippen LogP contribution in [0.3, 0.4) is 0 Å². The molecule has 0 radical (unpaired) electrons. The third-order valence-corrected chi connectivity index (χ3v) is 5.70. The Hall–Kier alpha value is -2.71. The molecule has 0 aromatic carbocycles. The number of hydrazine groups is 1. The van der Waals surface area contributed by atoms with Crippen LogP contribution < -0.4 is 16.2 Å². The predicted molar refractivity (Wildman–Crippen MR) is 106 cm³/mol. The minimum Gasteiger partial charge on any atom is -0.465 e. The Morgan fingerprint density at radius 3 is 2.76 bits per heavy atom. The second-order valence-electron chi connectivity index (χ2n) is 7.75. The predicted octanol–water partition coefficient (Wildman–Crippen LogP) is 1.45. The summed E-state index contributed by atoms with van der Waals surface area (Å²) in [6.07, 6.45) is 5.61. The molecule has 2 saturated heterocycles. The Labute approximate surface area is 170 Å². The van der Waals surface area contributed by atoms with Crippen molar-refractivity contribution < 1.29 is 14.0 Å². The molecule has 2 atom stereocenters. The first-order valence-corrected chi connectivity index (χ1v) is 10.1. The molecule has 2 amide bonds. The SMILES string of the molecule is Cc1ccc(CNC(=O)C2CCN(C(=O)C3CC(c4cccnc4)NN3)CC2)o1. The monoisotopic (exact) mass is 397 g/mol. The van der Waals surface area contributed by atoms with Crippen LogP contribution in [0, 0.1) is 12.8 Å². The highest BCUT2D eigenvalue weighted by Gasteiger charge is 2.35. The number of carbonyl (C=O) groups is 2. The second kappa shape index (κ2) is 8.75. The van der Waals surface area contributed by atoms with Crippen LogP contribution in [0.4, 0.5) is 0 Å². The van der Waals surface area contributed by atoms with Crippen LogP contribution in [0.25, 0.3) is 0 Å². The number of amides is 2. The van der Waals surface area contributed by atoms with E-state index in [1.54, 1.807) is 6.20 Å². The summed E-state index contributed by atoms with van der Waals surface area (Å²) in [6, 6.07) is 7.48. The first kappa shape index (κ1) is 19.6. The fourth-order valence-corrected chi connectivity index (χ4v) is 4.00. The van der Waals surface area contributed by atoms with E-state index < -0.39 is 0 Å². The van der Waals surface area contributed by atoms with E-state index in [1.807, 2.05) is 42.3 Å². The average Bonchev–Trinajstić information content (AvgIpc) is 3.41. The molecule has 8 nitrogen and oxygen atoms in total. The number of furan rings is 1. The Balaban J connectivity index is 1.23. The Bertz CT molecular complexity index is 845. The molecule has 0 aliphatic carbocycles. The quantitative estimate of drug-likeness (QED) is 0.706. The number of pyridine rings is 1. The molecule has 8 heteroatoms. The van der Waals surface area contributed by atoms with Gasteiger partial charge in [-0.25, -0.2) is 10.9 Å². The summed E-state index contributed by atoms with van der Waals surface area (Å²) in [5.74, 6) is 1.65. The molecule has 29 heavy (non-hydrogen) atoms. The highest BCUT2D eigenvalue weighted by Crippen LogP contribution is 2.24. The number of nitrogens with one attached hydrogen (secondary N) is 3. The van der Waals surface area contributed by atoms with E-state index in [4.69, 9.17) is 4.42 Å². The third-order valence-electron chi connectivity index (χ3n) is 5.70. The van der Waals surface area contributed by atoms with Crippen molar-refractivity contribution in [3.63, 3.8) is 0 Å². The number of likely N-dealkylation sites (tertiary alicyclic amines) is 1. The molecule has 0 saturated carbocycles. The van der Waals surface area contributed by atoms with E-state index in [0.29, 0.717) is 38.9 Å². The maximum absolute atomic E-state index is 12.9. The van der Waals surface area contributed by atoms with Crippen molar-refractivity contribution in [2.24, 2.45) is 5.92 Å². The summed E-state index contributed by atoms with van der Waals surface area (Å²) >= 11 is 0. The van der Waals surface area contributed by atoms with Gasteiger partial charge in [0, 0.05) is 37.4 Å². The second-order valence-corrected chi connectivity index (χ2v) is 7.75. The maximum atomic E-state index is 12.9. The van der Waals surface area contributed by atoms with Crippen molar-refractivity contribution in [1.82, 2.24) is 26.1 Å². The summed E-state index contributed by atoms with van der Waals surface area (Å²) < 4.78 is 5.48. The molecule has 3 N–H and O–H groups in total. The molecule has 0 bridgehead atoms. The Morgan fingerprint density at radius 2 is 2.07 bits per heavy atom. The summed E-state index contributed by atoms with van der Waals surface area (Å²) in [7, 11) is 0. The normalized spacial score (nSPS) is 22.6. The zero-order chi connectivity index (χ0) is 20.2. The molecule has 154 valence electrons. The molecule has 2 unspecified atom stereocenters. The third kappa shape index (κ3) is 4.65. The van der Waals surface area contributed by atoms with Gasteiger partial charge in [0.2, 0.25) is 11.8 Å². The van der Waals surface area contributed by atoms with Crippen LogP contribution in [0.5, 0.6) is 0 Å². The fraction of sp³-hybridized carbons (Fsp3) is 0.476. The van der Waals surface area contributed by atoms with Gasteiger partial charge in [-0.1, -0.05) is 6.07 Å². The van der Waals surface area contributed by atoms with Gasteiger partial charge in [-0.15, -0.1) is 0 Å². The van der Waals surface area contributed by atoms with Crippen LogP contribution in [-0.2, 0) is 16.1 Å². The summed E-state index contributed by atoms with van der Waals surface area (Å²) in [6.45, 7) is 3.49. The van der Waals surface area contributed by atoms with E-state index in [1.165, 1.54) is 0 Å². The number of rotatable bonds is 5. The lowest BCUT2D eigenvalue weighted by Crippen LogP contribution is -2.49. The largest absolute Gasteiger partial charge is 0.465 e. The number of carbonyl (C=O) groups excluding carboxylic acids is 2. The van der Waals surface area contributed by atoms with Crippen LogP contribution in [0.15, 0.2) is 41.1 Å². The van der Waals surface area contributed by atoms with Gasteiger partial charge in [0.1, 0.15) is 17.6 Å². The van der Waals surface area contributed by atoms with Gasteiger partial charge < -0.3 is 14.6 Å². The molecule has 4 rings (SSSR count). The van der Waals surface area contributed by atoms with E-state index in [9.17, 15) is 9.59 Å². The summed E-state index contributed by atoms with van der Waals surface area (Å²) in [5.41, 5.74) is 7.38. The van der Waals surface area contributed by atoms with Crippen LogP contribution >= 0.6 is 0 Å². The molecule has 2 aromatic rings. The van der Waals surface area contributed by atoms with Crippen LogP contribution in [0.2, 0.25) is 0 Å². The first-order chi connectivity index (χ1) is 14.1. The lowest BCUT2D eigenvalue weighted by atomic mass is 9.95. The first-order valence-electron chi connectivity index (χ1n) is 10.1. The van der Waals surface area contributed by atoms with Crippen LogP contribution in [0.1, 0.15) is 42.4 Å². The van der Waals surface area contributed by atoms with Gasteiger partial charge in [0.05, 0.1) is 6.54 Å². The summed E-state index contributed by atoms with van der Waals surface area (Å²) in [4.78, 5) is 31.3. The maximum Gasteiger partial charge on any atom is 0.241 e. The fourth-order valence-electron chi connectivity index (χ4n) is 4.00. The zero-order valence-corrected chi connectivity index (χ0v) is 16.6. The van der Waals surface area contributed by atoms with Crippen LogP contribution in [-0.4, -0.2) is 40.8 Å². The molecule has 2 fully saturated rings. The molecular weight excluding hydrogens is 370 g/mol. The number of hydrogen-bond acceptors (Lipinski definition) is 6. The van der Waals surface area contributed by atoms with Gasteiger partial charge >= 0.3 is 0 Å². The molecule has 0 spiro atoms. The molecular formula is C21H27N5O3. The van der Waals surface area contributed by atoms with E-state index >= 15 is 0 Å². The molecule has 4 heterocycles. The van der Waals surface area contributed by atoms with Crippen molar-refractivity contribution in [2.45, 2.75) is 44.8 Å². The summed E-state index contributed by atoms with van der Waals surface area (Å²) in [5, 5.41) is 2.94. The topological polar surface area (TPSA) is 99.5 Å². The van der Waals surface area contributed by atoms with Gasteiger partial charge in [0.25, 0.3) is 0 Å². The highest BCUT2D eigenvalue weighted by atomic mass is 16.3. The average molecular weight is 397 g/mol. The molecule has 2 aliphatic rings. The van der Waals surface area contributed by atoms with E-state index in [2.05, 4.69) is 21.2 Å². The van der Waals surface area contributed by atoms with Crippen molar-refractivity contribution in [2.75, 3.05) is 13.1 Å². The number of aromatic nitrogens is 1. The van der Waals surface area contributed by atoms with E-state index in [-0.39, 0.29) is 29.8 Å².